The van der Waals surface area contributed by atoms with Gasteiger partial charge in [0.05, 0.1) is 271 Å². The largest absolute Gasteiger partial charge is 0.379 e. The fourth-order valence-electron chi connectivity index (χ4n) is 10.5. The Morgan fingerprint density at radius 1 is 0.358 bits per heavy atom. The van der Waals surface area contributed by atoms with Crippen molar-refractivity contribution in [3.63, 3.8) is 0 Å². The minimum Gasteiger partial charge on any atom is -0.379 e. The molecule has 2 atom stereocenters. The molecule has 4 heterocycles. The Labute approximate surface area is 714 Å². The number of carbonyl (C=O) groups is 6. The van der Waals surface area contributed by atoms with Gasteiger partial charge in [0.2, 0.25) is 66.8 Å². The molecule has 47 heteroatoms. The van der Waals surface area contributed by atoms with Crippen LogP contribution in [0.5, 0.6) is 0 Å². The molecular formula is C76H120N18O27S2. The van der Waals surface area contributed by atoms with E-state index >= 15 is 0 Å². The van der Waals surface area contributed by atoms with Gasteiger partial charge in [0.1, 0.15) is 18.7 Å². The Morgan fingerprint density at radius 2 is 0.659 bits per heavy atom. The topological polar surface area (TPSA) is 562 Å². The quantitative estimate of drug-likeness (QED) is 0.0197. The zero-order chi connectivity index (χ0) is 88.7. The second-order valence-corrected chi connectivity index (χ2v) is 30.3. The third kappa shape index (κ3) is 43.5. The lowest BCUT2D eigenvalue weighted by Gasteiger charge is -2.17. The maximum Gasteiger partial charge on any atom is 0.246 e. The standard InChI is InChI=1S/C76H120N18O27S2/c1-55-7-9-59(47-61(55)91-122(5,101)102)63-49-65(73-87-85-57(3)93(73)89-63)81-69(95)11-13-79-75(99)67(51-77)83-70(96)12-14-105-15-16-106-17-18-107-19-20-108-21-22-109-23-24-110-25-26-111-27-28-112-29-30-113-31-32-114-33-34-115-35-36-116-37-38-117-39-40-118-41-42-119-43-44-120-45-46-121-54-72(98)84-68(52-78)76(100)80-53-71(97)82-66-50-64(90-94-58(4)86-88-74(66)94)60-10-8-56(2)62(48-60)92-123(6,103)104/h7-10,47-50,67-68,91-92H,11-46,51-54,77-78H2,1-6H3,(H,79,99)(H,80,100)(H,81,95)(H,82,97)(H,83,96)(H,84,98)/t67-,68+/m0/s1. The molecule has 4 aromatic heterocycles. The molecule has 0 aliphatic heterocycles. The van der Waals surface area contributed by atoms with Gasteiger partial charge in [-0.3, -0.25) is 38.2 Å². The number of nitrogens with zero attached hydrogens (tertiary/aromatic N) is 8. The normalized spacial score (nSPS) is 12.2. The van der Waals surface area contributed by atoms with Crippen molar-refractivity contribution < 1.29 is 126 Å². The molecular weight excluding hydrogens is 1660 g/mol. The third-order valence-electron chi connectivity index (χ3n) is 16.8. The molecule has 0 saturated heterocycles. The van der Waals surface area contributed by atoms with E-state index in [0.29, 0.717) is 247 Å². The lowest BCUT2D eigenvalue weighted by molar-refractivity contribution is -0.132. The Kier molecular flexibility index (Phi) is 50.1. The first-order valence-electron chi connectivity index (χ1n) is 40.0. The molecule has 0 radical (unpaired) electrons. The molecule has 0 saturated carbocycles. The molecule has 6 amide bonds. The minimum atomic E-state index is -3.57. The van der Waals surface area contributed by atoms with Crippen LogP contribution in [0.1, 0.15) is 35.6 Å². The van der Waals surface area contributed by atoms with Crippen molar-refractivity contribution in [2.24, 2.45) is 11.5 Å². The predicted molar refractivity (Wildman–Crippen MR) is 447 cm³/mol. The molecule has 688 valence electrons. The van der Waals surface area contributed by atoms with Crippen LogP contribution < -0.4 is 52.8 Å². The van der Waals surface area contributed by atoms with Crippen LogP contribution in [-0.2, 0) is 129 Å². The SMILES string of the molecule is Cc1ccc(-c2cc(NC(=O)CCNC(=O)[C@H](CN)NC(=O)CCOCCOCCOCCOCCOCCOCCOCCOCCOCCOCCOCCOCCOCCOCCOCCOCCOCC(=O)N[C@H](CN)C(=O)NCC(=O)Nc3cc(-c4ccc(C)c(NS(C)(=O)=O)c4)nn4c(C)nnc34)c3nnc(C)n3n2)cc1NS(C)(=O)=O. The highest BCUT2D eigenvalue weighted by Crippen LogP contribution is 2.30. The fourth-order valence-corrected chi connectivity index (χ4v) is 11.8. The summed E-state index contributed by atoms with van der Waals surface area (Å²) in [6.07, 6.45) is 1.95. The number of ether oxygens (including phenoxy) is 17. The number of nitrogens with one attached hydrogen (secondary N) is 8. The number of fused-ring (bicyclic) bond motifs is 2. The lowest BCUT2D eigenvalue weighted by Crippen LogP contribution is -2.52. The highest BCUT2D eigenvalue weighted by atomic mass is 32.2. The van der Waals surface area contributed by atoms with Gasteiger partial charge in [-0.1, -0.05) is 24.3 Å². The van der Waals surface area contributed by atoms with Crippen molar-refractivity contribution in [1.82, 2.24) is 60.9 Å². The third-order valence-corrected chi connectivity index (χ3v) is 17.9. The first kappa shape index (κ1) is 103. The number of sulfonamides is 2. The number of aryl methyl sites for hydroxylation is 4. The summed E-state index contributed by atoms with van der Waals surface area (Å²) in [5.41, 5.74) is 16.6. The van der Waals surface area contributed by atoms with E-state index in [1.54, 1.807) is 76.2 Å². The van der Waals surface area contributed by atoms with Crippen LogP contribution in [0.4, 0.5) is 22.7 Å². The smallest absolute Gasteiger partial charge is 0.246 e. The van der Waals surface area contributed by atoms with E-state index in [-0.39, 0.29) is 89.1 Å². The molecule has 2 aromatic carbocycles. The van der Waals surface area contributed by atoms with E-state index in [2.05, 4.69) is 71.9 Å². The maximum absolute atomic E-state index is 13.1. The van der Waals surface area contributed by atoms with Crippen LogP contribution in [0.3, 0.4) is 0 Å². The van der Waals surface area contributed by atoms with Crippen LogP contribution in [0.15, 0.2) is 48.5 Å². The van der Waals surface area contributed by atoms with Gasteiger partial charge in [0.25, 0.3) is 0 Å². The first-order valence-corrected chi connectivity index (χ1v) is 43.8. The number of nitrogens with two attached hydrogens (primary N) is 2. The molecule has 0 spiro atoms. The number of rotatable bonds is 72. The molecule has 0 aliphatic rings. The lowest BCUT2D eigenvalue weighted by atomic mass is 10.1. The predicted octanol–water partition coefficient (Wildman–Crippen LogP) is -1.37. The van der Waals surface area contributed by atoms with Crippen molar-refractivity contribution in [2.75, 3.05) is 283 Å². The van der Waals surface area contributed by atoms with E-state index in [4.69, 9.17) is 92.0 Å². The van der Waals surface area contributed by atoms with Crippen LogP contribution in [0, 0.1) is 27.7 Å². The molecule has 6 aromatic rings. The summed E-state index contributed by atoms with van der Waals surface area (Å²) in [4.78, 5) is 77.0. The van der Waals surface area contributed by atoms with Crippen LogP contribution in [0.25, 0.3) is 33.8 Å². The van der Waals surface area contributed by atoms with E-state index < -0.39 is 74.1 Å². The Morgan fingerprint density at radius 3 is 0.984 bits per heavy atom. The zero-order valence-electron chi connectivity index (χ0n) is 70.6. The van der Waals surface area contributed by atoms with E-state index in [1.165, 1.54) is 9.03 Å². The summed E-state index contributed by atoms with van der Waals surface area (Å²) in [5.74, 6) is -2.52. The second-order valence-electron chi connectivity index (χ2n) is 26.8. The van der Waals surface area contributed by atoms with Gasteiger partial charge in [-0.05, 0) is 63.1 Å². The van der Waals surface area contributed by atoms with Crippen molar-refractivity contribution in [3.05, 3.63) is 71.3 Å². The van der Waals surface area contributed by atoms with Crippen LogP contribution in [-0.4, -0.2) is 367 Å². The van der Waals surface area contributed by atoms with Crippen molar-refractivity contribution in [2.45, 2.75) is 52.6 Å². The molecule has 45 nitrogen and oxygen atoms in total. The number of hydrogen-bond acceptors (Lipinski definition) is 35. The van der Waals surface area contributed by atoms with Gasteiger partial charge >= 0.3 is 0 Å². The van der Waals surface area contributed by atoms with Gasteiger partial charge in [-0.25, -0.2) is 16.8 Å². The molecule has 6 rings (SSSR count). The monoisotopic (exact) mass is 1780 g/mol. The number of aromatic nitrogens is 8. The van der Waals surface area contributed by atoms with Gasteiger partial charge < -0.3 is 124 Å². The number of benzene rings is 2. The summed E-state index contributed by atoms with van der Waals surface area (Å²) in [7, 11) is -7.12. The Hall–Kier alpha value is -8.90. The number of anilines is 4. The van der Waals surface area contributed by atoms with E-state index in [1.807, 2.05) is 0 Å². The van der Waals surface area contributed by atoms with Crippen LogP contribution in [0.2, 0.25) is 0 Å². The average Bonchev–Trinajstić information content (AvgIpc) is 1.69. The maximum atomic E-state index is 13.1. The molecule has 0 fully saturated rings. The van der Waals surface area contributed by atoms with Gasteiger partial charge in [0.15, 0.2) is 11.6 Å². The van der Waals surface area contributed by atoms with Crippen molar-refractivity contribution >= 4 is 89.5 Å². The minimum absolute atomic E-state index is 0.0224. The van der Waals surface area contributed by atoms with E-state index in [9.17, 15) is 45.6 Å². The second kappa shape index (κ2) is 59.9. The number of hydrogen-bond donors (Lipinski definition) is 10. The van der Waals surface area contributed by atoms with Gasteiger partial charge in [0, 0.05) is 43.6 Å². The van der Waals surface area contributed by atoms with Crippen LogP contribution >= 0.6 is 0 Å². The summed E-state index contributed by atoms with van der Waals surface area (Å²) >= 11 is 0. The highest BCUT2D eigenvalue weighted by molar-refractivity contribution is 7.92. The number of carbonyl (C=O) groups excluding carboxylic acids is 6. The summed E-state index contributed by atoms with van der Waals surface area (Å²) in [6.45, 7) is 17.7. The fraction of sp³-hybridized carbons (Fsp3) is 0.632. The average molecular weight is 1780 g/mol. The molecule has 12 N–H and O–H groups in total. The Balaban J connectivity index is 0.591. The number of amides is 6. The first-order chi connectivity index (χ1) is 59.4. The zero-order valence-corrected chi connectivity index (χ0v) is 72.3. The Bertz CT molecular complexity index is 4360. The summed E-state index contributed by atoms with van der Waals surface area (Å²) < 4.78 is 149. The molecule has 123 heavy (non-hydrogen) atoms. The molecule has 0 unspecified atom stereocenters. The van der Waals surface area contributed by atoms with Crippen molar-refractivity contribution in [1.29, 1.82) is 0 Å². The van der Waals surface area contributed by atoms with E-state index in [0.717, 1.165) is 12.5 Å². The molecule has 0 bridgehead atoms. The highest BCUT2D eigenvalue weighted by Gasteiger charge is 2.24. The van der Waals surface area contributed by atoms with Gasteiger partial charge in [-0.2, -0.15) is 19.2 Å². The summed E-state index contributed by atoms with van der Waals surface area (Å²) in [5, 5.41) is 41.2. The molecule has 0 aliphatic carbocycles. The van der Waals surface area contributed by atoms with Gasteiger partial charge in [-0.15, -0.1) is 20.4 Å². The van der Waals surface area contributed by atoms with Crippen molar-refractivity contribution in [3.8, 4) is 22.5 Å². The summed E-state index contributed by atoms with van der Waals surface area (Å²) in [6, 6.07) is 11.2.